The zero-order valence-corrected chi connectivity index (χ0v) is 17.6. The van der Waals surface area contributed by atoms with Crippen molar-refractivity contribution in [1.82, 2.24) is 20.5 Å². The van der Waals surface area contributed by atoms with Gasteiger partial charge in [0.05, 0.1) is 11.5 Å². The molecule has 5 unspecified atom stereocenters. The summed E-state index contributed by atoms with van der Waals surface area (Å²) in [5.41, 5.74) is 0.609. The third kappa shape index (κ3) is 3.91. The summed E-state index contributed by atoms with van der Waals surface area (Å²) in [5, 5.41) is 16.0. The molecule has 1 saturated carbocycles. The molecule has 0 aromatic carbocycles. The van der Waals surface area contributed by atoms with Gasteiger partial charge in [0.25, 0.3) is 0 Å². The lowest BCUT2D eigenvalue weighted by Gasteiger charge is -2.50. The molecule has 0 spiro atoms. The van der Waals surface area contributed by atoms with Gasteiger partial charge in [-0.3, -0.25) is 9.69 Å². The van der Waals surface area contributed by atoms with E-state index in [1.54, 1.807) is 6.20 Å². The van der Waals surface area contributed by atoms with E-state index in [1.807, 2.05) is 12.1 Å². The van der Waals surface area contributed by atoms with Crippen LogP contribution in [0.1, 0.15) is 37.7 Å². The minimum atomic E-state index is 0.195. The summed E-state index contributed by atoms with van der Waals surface area (Å²) >= 11 is 0. The molecule has 0 radical (unpaired) electrons. The van der Waals surface area contributed by atoms with Gasteiger partial charge in [-0.2, -0.15) is 5.26 Å². The first-order valence-electron chi connectivity index (χ1n) is 11.6. The number of anilines is 1. The Morgan fingerprint density at radius 2 is 2.03 bits per heavy atom. The predicted octanol–water partition coefficient (Wildman–Crippen LogP) is 1.36. The molecule has 1 aromatic heterocycles. The molecule has 1 amide bonds. The van der Waals surface area contributed by atoms with Crippen LogP contribution in [-0.2, 0) is 4.79 Å². The number of carbonyl (C=O) groups is 1. The number of nitrogens with zero attached hydrogens (tertiary/aromatic N) is 4. The third-order valence-corrected chi connectivity index (χ3v) is 7.73. The van der Waals surface area contributed by atoms with Gasteiger partial charge in [-0.1, -0.05) is 0 Å². The van der Waals surface area contributed by atoms with E-state index in [9.17, 15) is 4.79 Å². The number of hydrogen-bond acceptors (Lipinski definition) is 6. The van der Waals surface area contributed by atoms with Crippen LogP contribution in [0.15, 0.2) is 18.3 Å². The van der Waals surface area contributed by atoms with Crippen molar-refractivity contribution >= 4 is 11.7 Å². The molecule has 3 saturated heterocycles. The molecule has 2 N–H and O–H groups in total. The van der Waals surface area contributed by atoms with Crippen LogP contribution in [0.25, 0.3) is 0 Å². The highest BCUT2D eigenvalue weighted by atomic mass is 16.2. The first kappa shape index (κ1) is 19.8. The van der Waals surface area contributed by atoms with Crippen molar-refractivity contribution in [2.45, 2.75) is 44.2 Å². The van der Waals surface area contributed by atoms with Crippen LogP contribution in [-0.4, -0.2) is 67.1 Å². The molecule has 7 nitrogen and oxygen atoms in total. The maximum absolute atomic E-state index is 12.6. The predicted molar refractivity (Wildman–Crippen MR) is 115 cm³/mol. The van der Waals surface area contributed by atoms with Crippen LogP contribution in [0.2, 0.25) is 0 Å². The molecule has 1 aliphatic carbocycles. The maximum Gasteiger partial charge on any atom is 0.224 e. The molecule has 0 bridgehead atoms. The van der Waals surface area contributed by atoms with Crippen molar-refractivity contribution < 1.29 is 4.79 Å². The van der Waals surface area contributed by atoms with E-state index in [0.717, 1.165) is 64.3 Å². The number of rotatable bonds is 3. The molecule has 4 heterocycles. The van der Waals surface area contributed by atoms with E-state index in [4.69, 9.17) is 5.26 Å². The Kier molecular flexibility index (Phi) is 5.62. The van der Waals surface area contributed by atoms with Gasteiger partial charge in [0.1, 0.15) is 11.9 Å². The van der Waals surface area contributed by atoms with Crippen molar-refractivity contribution in [3.63, 3.8) is 0 Å². The van der Waals surface area contributed by atoms with E-state index >= 15 is 0 Å². The van der Waals surface area contributed by atoms with Gasteiger partial charge in [-0.25, -0.2) is 4.98 Å². The molecule has 4 aliphatic rings. The second-order valence-corrected chi connectivity index (χ2v) is 9.49. The minimum absolute atomic E-state index is 0.195. The number of pyridine rings is 1. The number of carbonyl (C=O) groups excluding carboxylic acids is 1. The lowest BCUT2D eigenvalue weighted by atomic mass is 9.67. The Hall–Kier alpha value is -2.17. The van der Waals surface area contributed by atoms with E-state index in [1.165, 1.54) is 12.8 Å². The van der Waals surface area contributed by atoms with Crippen molar-refractivity contribution in [1.29, 1.82) is 5.26 Å². The van der Waals surface area contributed by atoms with Gasteiger partial charge in [0, 0.05) is 51.0 Å². The van der Waals surface area contributed by atoms with Crippen LogP contribution < -0.4 is 15.5 Å². The highest BCUT2D eigenvalue weighted by molar-refractivity contribution is 5.81. The summed E-state index contributed by atoms with van der Waals surface area (Å²) in [4.78, 5) is 21.9. The van der Waals surface area contributed by atoms with Gasteiger partial charge in [0.15, 0.2) is 0 Å². The van der Waals surface area contributed by atoms with Crippen molar-refractivity contribution in [3.05, 3.63) is 23.9 Å². The van der Waals surface area contributed by atoms with Crippen molar-refractivity contribution in [3.8, 4) is 6.07 Å². The van der Waals surface area contributed by atoms with Crippen LogP contribution in [0.5, 0.6) is 0 Å². The second kappa shape index (κ2) is 8.52. The normalized spacial score (nSPS) is 34.4. The first-order valence-corrected chi connectivity index (χ1v) is 11.6. The average molecular weight is 409 g/mol. The Morgan fingerprint density at radius 3 is 2.80 bits per heavy atom. The van der Waals surface area contributed by atoms with E-state index in [0.29, 0.717) is 29.5 Å². The second-order valence-electron chi connectivity index (χ2n) is 9.49. The summed E-state index contributed by atoms with van der Waals surface area (Å²) in [7, 11) is 0. The van der Waals surface area contributed by atoms with E-state index in [2.05, 4.69) is 31.5 Å². The minimum Gasteiger partial charge on any atom is -0.354 e. The molecule has 5 rings (SSSR count). The smallest absolute Gasteiger partial charge is 0.224 e. The highest BCUT2D eigenvalue weighted by Gasteiger charge is 2.47. The van der Waals surface area contributed by atoms with E-state index < -0.39 is 0 Å². The summed E-state index contributed by atoms with van der Waals surface area (Å²) in [6.45, 7) is 6.24. The number of aromatic nitrogens is 1. The molecular weight excluding hydrogens is 376 g/mol. The standard InChI is InChI=1S/C23H32N6O/c24-13-17-4-6-21(26-14-17)29-10-8-28(9-11-29)15-16-3-5-18-20(12-16)27-23(30)19-2-1-7-25-22(18)19/h4,6,14,16,18-20,22,25H,1-3,5,7-12,15H2,(H,27,30). The number of piperazine rings is 1. The van der Waals surface area contributed by atoms with Crippen LogP contribution in [0.3, 0.4) is 0 Å². The molecule has 7 heteroatoms. The van der Waals surface area contributed by atoms with Crippen LogP contribution in [0, 0.1) is 29.1 Å². The van der Waals surface area contributed by atoms with Crippen LogP contribution in [0.4, 0.5) is 5.82 Å². The van der Waals surface area contributed by atoms with Crippen molar-refractivity contribution in [2.75, 3.05) is 44.2 Å². The van der Waals surface area contributed by atoms with Gasteiger partial charge >= 0.3 is 0 Å². The van der Waals surface area contributed by atoms with E-state index in [-0.39, 0.29) is 11.8 Å². The quantitative estimate of drug-likeness (QED) is 0.786. The summed E-state index contributed by atoms with van der Waals surface area (Å²) < 4.78 is 0. The lowest BCUT2D eigenvalue weighted by molar-refractivity contribution is -0.133. The number of nitrogens with one attached hydrogen (secondary N) is 2. The van der Waals surface area contributed by atoms with Crippen LogP contribution >= 0.6 is 0 Å². The first-order chi connectivity index (χ1) is 14.7. The number of amides is 1. The highest BCUT2D eigenvalue weighted by Crippen LogP contribution is 2.39. The molecule has 5 atom stereocenters. The molecule has 160 valence electrons. The monoisotopic (exact) mass is 408 g/mol. The zero-order valence-electron chi connectivity index (χ0n) is 17.6. The lowest BCUT2D eigenvalue weighted by Crippen LogP contribution is -2.64. The van der Waals surface area contributed by atoms with Crippen molar-refractivity contribution in [2.24, 2.45) is 17.8 Å². The zero-order chi connectivity index (χ0) is 20.5. The number of fused-ring (bicyclic) bond motifs is 3. The summed E-state index contributed by atoms with van der Waals surface area (Å²) in [6, 6.07) is 6.68. The molecule has 1 aromatic rings. The Morgan fingerprint density at radius 1 is 1.17 bits per heavy atom. The fourth-order valence-electron chi connectivity index (χ4n) is 6.15. The Balaban J connectivity index is 1.13. The topological polar surface area (TPSA) is 84.3 Å². The molecular formula is C23H32N6O. The molecule has 4 fully saturated rings. The fourth-order valence-corrected chi connectivity index (χ4v) is 6.15. The largest absolute Gasteiger partial charge is 0.354 e. The third-order valence-electron chi connectivity index (χ3n) is 7.73. The van der Waals surface area contributed by atoms with Gasteiger partial charge < -0.3 is 15.5 Å². The SMILES string of the molecule is N#Cc1ccc(N2CCN(CC3CCC4C(C3)NC(=O)C3CCCNC34)CC2)nc1. The summed E-state index contributed by atoms with van der Waals surface area (Å²) in [6.07, 6.45) is 7.47. The molecule has 3 aliphatic heterocycles. The molecule has 30 heavy (non-hydrogen) atoms. The van der Waals surface area contributed by atoms with Gasteiger partial charge in [-0.15, -0.1) is 0 Å². The van der Waals surface area contributed by atoms with Gasteiger partial charge in [0.2, 0.25) is 5.91 Å². The Bertz CT molecular complexity index is 797. The Labute approximate surface area is 178 Å². The maximum atomic E-state index is 12.6. The number of nitriles is 1. The van der Waals surface area contributed by atoms with Gasteiger partial charge in [-0.05, 0) is 62.6 Å². The average Bonchev–Trinajstić information content (AvgIpc) is 2.80. The number of piperidine rings is 2. The summed E-state index contributed by atoms with van der Waals surface area (Å²) in [5.74, 6) is 2.74. The number of hydrogen-bond donors (Lipinski definition) is 2. The fraction of sp³-hybridized carbons (Fsp3) is 0.696.